The summed E-state index contributed by atoms with van der Waals surface area (Å²) in [5, 5.41) is 0. The van der Waals surface area contributed by atoms with Crippen molar-refractivity contribution in [2.45, 2.75) is 77.6 Å². The van der Waals surface area contributed by atoms with Gasteiger partial charge in [-0.25, -0.2) is 0 Å². The van der Waals surface area contributed by atoms with Gasteiger partial charge in [-0.1, -0.05) is 93.7 Å². The van der Waals surface area contributed by atoms with Crippen molar-refractivity contribution in [2.24, 2.45) is 0 Å². The minimum atomic E-state index is 1.34. The normalized spacial score (nSPS) is 10.7. The quantitative estimate of drug-likeness (QED) is 0.260. The molecule has 0 bridgehead atoms. The molecule has 0 fully saturated rings. The van der Waals surface area contributed by atoms with E-state index in [4.69, 9.17) is 0 Å². The van der Waals surface area contributed by atoms with Crippen molar-refractivity contribution in [2.75, 3.05) is 4.43 Å². The summed E-state index contributed by atoms with van der Waals surface area (Å²) < 4.78 is 1.34. The van der Waals surface area contributed by atoms with E-state index >= 15 is 0 Å². The smallest absolute Gasteiger partial charge is 0.000473 e. The molecule has 0 heterocycles. The summed E-state index contributed by atoms with van der Waals surface area (Å²) in [6.07, 6.45) is 16.0. The maximum absolute atomic E-state index is 2.47. The zero-order chi connectivity index (χ0) is 10.5. The van der Waals surface area contributed by atoms with Gasteiger partial charge in [-0.15, -0.1) is 0 Å². The molecule has 0 aliphatic carbocycles. The molecule has 14 heavy (non-hydrogen) atoms. The van der Waals surface area contributed by atoms with Crippen LogP contribution >= 0.6 is 22.6 Å². The van der Waals surface area contributed by atoms with Gasteiger partial charge in [0.1, 0.15) is 0 Å². The summed E-state index contributed by atoms with van der Waals surface area (Å²) in [6.45, 7) is 2.28. The lowest BCUT2D eigenvalue weighted by molar-refractivity contribution is 0.555. The molecule has 0 saturated carbocycles. The lowest BCUT2D eigenvalue weighted by Gasteiger charge is -2.01. The lowest BCUT2D eigenvalue weighted by Crippen LogP contribution is -1.82. The molecule has 0 rings (SSSR count). The molecule has 0 aromatic carbocycles. The standard InChI is InChI=1S/C13H27I/c1-2-3-4-5-6-7-8-9-10-11-12-13-14/h2-13H2,1H3. The van der Waals surface area contributed by atoms with Crippen molar-refractivity contribution in [3.63, 3.8) is 0 Å². The number of hydrogen-bond donors (Lipinski definition) is 0. The number of halogens is 1. The highest BCUT2D eigenvalue weighted by Crippen LogP contribution is 2.11. The predicted molar refractivity (Wildman–Crippen MR) is 75.3 cm³/mol. The Labute approximate surface area is 104 Å². The molecule has 0 saturated heterocycles. The van der Waals surface area contributed by atoms with Crippen molar-refractivity contribution >= 4 is 22.6 Å². The second kappa shape index (κ2) is 13.7. The van der Waals surface area contributed by atoms with Crippen molar-refractivity contribution in [3.05, 3.63) is 0 Å². The van der Waals surface area contributed by atoms with Gasteiger partial charge in [-0.2, -0.15) is 0 Å². The van der Waals surface area contributed by atoms with Crippen molar-refractivity contribution in [3.8, 4) is 0 Å². The summed E-state index contributed by atoms with van der Waals surface area (Å²) in [4.78, 5) is 0. The largest absolute Gasteiger partial charge is 0.0864 e. The SMILES string of the molecule is CCCCCCCCCCCCCI. The molecule has 0 aromatic rings. The van der Waals surface area contributed by atoms with Crippen LogP contribution in [0.15, 0.2) is 0 Å². The monoisotopic (exact) mass is 310 g/mol. The van der Waals surface area contributed by atoms with Crippen LogP contribution in [0.5, 0.6) is 0 Å². The van der Waals surface area contributed by atoms with Crippen LogP contribution in [0.4, 0.5) is 0 Å². The summed E-state index contributed by atoms with van der Waals surface area (Å²) in [5.74, 6) is 0. The van der Waals surface area contributed by atoms with Gasteiger partial charge >= 0.3 is 0 Å². The van der Waals surface area contributed by atoms with E-state index in [0.29, 0.717) is 0 Å². The average molecular weight is 310 g/mol. The first-order chi connectivity index (χ1) is 6.91. The molecule has 0 aromatic heterocycles. The molecule has 0 radical (unpaired) electrons. The second-order valence-electron chi connectivity index (χ2n) is 4.22. The molecule has 0 amide bonds. The van der Waals surface area contributed by atoms with E-state index in [1.165, 1.54) is 75.1 Å². The van der Waals surface area contributed by atoms with Gasteiger partial charge < -0.3 is 0 Å². The first-order valence-corrected chi connectivity index (χ1v) is 8.00. The fraction of sp³-hybridized carbons (Fsp3) is 1.00. The summed E-state index contributed by atoms with van der Waals surface area (Å²) in [5.41, 5.74) is 0. The Balaban J connectivity index is 2.78. The lowest BCUT2D eigenvalue weighted by atomic mass is 10.1. The Morgan fingerprint density at radius 3 is 1.29 bits per heavy atom. The third kappa shape index (κ3) is 12.7. The molecule has 0 aliphatic rings. The highest BCUT2D eigenvalue weighted by atomic mass is 127. The van der Waals surface area contributed by atoms with Crippen molar-refractivity contribution < 1.29 is 0 Å². The average Bonchev–Trinajstić information content (AvgIpc) is 2.21. The second-order valence-corrected chi connectivity index (χ2v) is 5.30. The van der Waals surface area contributed by atoms with Crippen LogP contribution in [0.2, 0.25) is 0 Å². The zero-order valence-corrected chi connectivity index (χ0v) is 12.0. The number of rotatable bonds is 11. The van der Waals surface area contributed by atoms with Crippen LogP contribution in [-0.2, 0) is 0 Å². The van der Waals surface area contributed by atoms with E-state index in [0.717, 1.165) is 0 Å². The van der Waals surface area contributed by atoms with Crippen molar-refractivity contribution in [1.29, 1.82) is 0 Å². The molecule has 0 N–H and O–H groups in total. The fourth-order valence-electron chi connectivity index (χ4n) is 1.76. The van der Waals surface area contributed by atoms with Crippen LogP contribution in [0, 0.1) is 0 Å². The van der Waals surface area contributed by atoms with Crippen LogP contribution in [0.1, 0.15) is 77.6 Å². The van der Waals surface area contributed by atoms with Gasteiger partial charge in [-0.3, -0.25) is 0 Å². The van der Waals surface area contributed by atoms with Crippen LogP contribution in [0.3, 0.4) is 0 Å². The third-order valence-electron chi connectivity index (χ3n) is 2.74. The fourth-order valence-corrected chi connectivity index (χ4v) is 2.30. The summed E-state index contributed by atoms with van der Waals surface area (Å²) in [7, 11) is 0. The molecule has 0 nitrogen and oxygen atoms in total. The van der Waals surface area contributed by atoms with Gasteiger partial charge in [0, 0.05) is 0 Å². The Kier molecular flexibility index (Phi) is 14.4. The molecule has 0 aliphatic heterocycles. The highest BCUT2D eigenvalue weighted by molar-refractivity contribution is 14.1. The van der Waals surface area contributed by atoms with Crippen LogP contribution in [-0.4, -0.2) is 4.43 Å². The molecule has 0 spiro atoms. The van der Waals surface area contributed by atoms with Crippen LogP contribution < -0.4 is 0 Å². The first kappa shape index (κ1) is 14.7. The van der Waals surface area contributed by atoms with Crippen molar-refractivity contribution in [1.82, 2.24) is 0 Å². The third-order valence-corrected chi connectivity index (χ3v) is 3.50. The maximum Gasteiger partial charge on any atom is -0.000473 e. The predicted octanol–water partition coefficient (Wildman–Crippen LogP) is 5.73. The molecular formula is C13H27I. The minimum Gasteiger partial charge on any atom is -0.0864 e. The topological polar surface area (TPSA) is 0 Å². The summed E-state index contributed by atoms with van der Waals surface area (Å²) in [6, 6.07) is 0. The summed E-state index contributed by atoms with van der Waals surface area (Å²) >= 11 is 2.47. The van der Waals surface area contributed by atoms with Gasteiger partial charge in [-0.05, 0) is 10.8 Å². The Hall–Kier alpha value is 0.730. The highest BCUT2D eigenvalue weighted by Gasteiger charge is 1.91. The van der Waals surface area contributed by atoms with Gasteiger partial charge in [0.2, 0.25) is 0 Å². The van der Waals surface area contributed by atoms with Gasteiger partial charge in [0.25, 0.3) is 0 Å². The van der Waals surface area contributed by atoms with E-state index in [-0.39, 0.29) is 0 Å². The van der Waals surface area contributed by atoms with Crippen LogP contribution in [0.25, 0.3) is 0 Å². The molecular weight excluding hydrogens is 283 g/mol. The van der Waals surface area contributed by atoms with E-state index in [9.17, 15) is 0 Å². The maximum atomic E-state index is 2.47. The Morgan fingerprint density at radius 1 is 0.571 bits per heavy atom. The molecule has 0 unspecified atom stereocenters. The molecule has 0 atom stereocenters. The van der Waals surface area contributed by atoms with E-state index < -0.39 is 0 Å². The first-order valence-electron chi connectivity index (χ1n) is 6.47. The number of hydrogen-bond acceptors (Lipinski definition) is 0. The molecule has 1 heteroatoms. The van der Waals surface area contributed by atoms with Gasteiger partial charge in [0.15, 0.2) is 0 Å². The van der Waals surface area contributed by atoms with E-state index in [2.05, 4.69) is 29.5 Å². The number of unbranched alkanes of at least 4 members (excludes halogenated alkanes) is 10. The van der Waals surface area contributed by atoms with Gasteiger partial charge in [0.05, 0.1) is 0 Å². The Bertz CT molecular complexity index is 79.2. The van der Waals surface area contributed by atoms with E-state index in [1.807, 2.05) is 0 Å². The minimum absolute atomic E-state index is 1.34. The zero-order valence-electron chi connectivity index (χ0n) is 9.86. The molecule has 86 valence electrons. The van der Waals surface area contributed by atoms with E-state index in [1.54, 1.807) is 0 Å². The number of alkyl halides is 1. The Morgan fingerprint density at radius 2 is 0.929 bits per heavy atom.